The fourth-order valence-corrected chi connectivity index (χ4v) is 4.47. The second kappa shape index (κ2) is 13.6. The molecule has 1 unspecified atom stereocenters. The number of unbranched alkanes of at least 4 members (excludes halogenated alkanes) is 1. The van der Waals surface area contributed by atoms with Crippen LogP contribution in [0.4, 0.5) is 5.69 Å². The van der Waals surface area contributed by atoms with Crippen LogP contribution in [0.5, 0.6) is 11.5 Å². The Kier molecular flexibility index (Phi) is 10.3. The Morgan fingerprint density at radius 1 is 1.08 bits per heavy atom. The zero-order valence-corrected chi connectivity index (χ0v) is 22.0. The van der Waals surface area contributed by atoms with E-state index in [1.165, 1.54) is 11.9 Å². The molecule has 3 rings (SSSR count). The van der Waals surface area contributed by atoms with E-state index in [0.717, 1.165) is 24.3 Å². The summed E-state index contributed by atoms with van der Waals surface area (Å²) in [5.74, 6) is 3.85. The number of non-ortho nitro benzene ring substituents is 1. The van der Waals surface area contributed by atoms with Crippen molar-refractivity contribution in [2.24, 2.45) is 0 Å². The van der Waals surface area contributed by atoms with Gasteiger partial charge in [0.25, 0.3) is 5.69 Å². The predicted octanol–water partition coefficient (Wildman–Crippen LogP) is 1.17. The molecule has 13 nitrogen and oxygen atoms in total. The molecule has 2 aromatic rings. The molecule has 1 saturated heterocycles. The summed E-state index contributed by atoms with van der Waals surface area (Å²) in [7, 11) is -2.89. The van der Waals surface area contributed by atoms with Gasteiger partial charge >= 0.3 is 19.1 Å². The maximum Gasteiger partial charge on any atom is 0.631 e. The van der Waals surface area contributed by atoms with Crippen LogP contribution in [-0.2, 0) is 28.9 Å². The lowest BCUT2D eigenvalue weighted by molar-refractivity contribution is -0.384. The van der Waals surface area contributed by atoms with E-state index in [2.05, 4.69) is 16.6 Å². The molecule has 39 heavy (non-hydrogen) atoms. The predicted molar refractivity (Wildman–Crippen MR) is 138 cm³/mol. The summed E-state index contributed by atoms with van der Waals surface area (Å²) in [6.07, 6.45) is 0.763. The molecule has 0 aromatic heterocycles. The number of likely N-dealkylation sites (N-methyl/N-ethyl adjacent to an activating group) is 1. The smallest absolute Gasteiger partial charge is 0.497 e. The van der Waals surface area contributed by atoms with Crippen LogP contribution in [0.15, 0.2) is 53.4 Å². The van der Waals surface area contributed by atoms with E-state index in [1.54, 1.807) is 31.4 Å². The summed E-state index contributed by atoms with van der Waals surface area (Å²) < 4.78 is 49.4. The van der Waals surface area contributed by atoms with Gasteiger partial charge < -0.3 is 18.8 Å². The topological polar surface area (TPSA) is 164 Å². The van der Waals surface area contributed by atoms with Crippen LogP contribution in [0, 0.1) is 22.0 Å². The first-order valence-electron chi connectivity index (χ1n) is 11.7. The number of benzene rings is 2. The third kappa shape index (κ3) is 8.99. The second-order valence-electron chi connectivity index (χ2n) is 8.32. The van der Waals surface area contributed by atoms with Crippen LogP contribution in [0.25, 0.3) is 0 Å². The molecule has 0 radical (unpaired) electrons. The molecule has 1 aliphatic heterocycles. The third-order valence-electron chi connectivity index (χ3n) is 5.24. The number of nitrogens with zero attached hydrogens (tertiary/aromatic N) is 2. The number of carbonyl (C=O) groups excluding carboxylic acids is 2. The molecule has 1 N–H and O–H groups in total. The third-order valence-corrected chi connectivity index (χ3v) is 6.69. The van der Waals surface area contributed by atoms with Crippen molar-refractivity contribution in [1.29, 1.82) is 0 Å². The molecular weight excluding hydrogens is 533 g/mol. The highest BCUT2D eigenvalue weighted by molar-refractivity contribution is 7.89. The Hall–Kier alpha value is -4.13. The maximum absolute atomic E-state index is 13.0. The average molecular weight is 559 g/mol. The lowest BCUT2D eigenvalue weighted by atomic mass is 9.78. The minimum atomic E-state index is -4.31. The summed E-state index contributed by atoms with van der Waals surface area (Å²) in [6.45, 7) is -0.118. The van der Waals surface area contributed by atoms with Gasteiger partial charge in [-0.1, -0.05) is 5.92 Å². The first-order chi connectivity index (χ1) is 18.6. The van der Waals surface area contributed by atoms with Crippen LogP contribution < -0.4 is 14.2 Å². The summed E-state index contributed by atoms with van der Waals surface area (Å²) in [4.78, 5) is 35.8. The van der Waals surface area contributed by atoms with Gasteiger partial charge in [0.15, 0.2) is 0 Å². The quantitative estimate of drug-likeness (QED) is 0.146. The summed E-state index contributed by atoms with van der Waals surface area (Å²) in [5, 5.41) is 10.9. The van der Waals surface area contributed by atoms with Crippen molar-refractivity contribution in [3.63, 3.8) is 0 Å². The number of nitro benzene ring substituents is 1. The molecule has 0 spiro atoms. The molecule has 15 heteroatoms. The molecular formula is C24H26BN3O10S. The van der Waals surface area contributed by atoms with E-state index in [-0.39, 0.29) is 30.1 Å². The van der Waals surface area contributed by atoms with Gasteiger partial charge in [-0.25, -0.2) is 8.42 Å². The van der Waals surface area contributed by atoms with Gasteiger partial charge in [-0.15, -0.1) is 5.92 Å². The Morgan fingerprint density at radius 3 is 2.23 bits per heavy atom. The number of hydrogen-bond acceptors (Lipinski definition) is 11. The van der Waals surface area contributed by atoms with Crippen molar-refractivity contribution in [3.05, 3.63) is 58.6 Å². The van der Waals surface area contributed by atoms with Gasteiger partial charge in [-0.05, 0) is 49.9 Å². The first-order valence-corrected chi connectivity index (χ1v) is 13.2. The van der Waals surface area contributed by atoms with Gasteiger partial charge in [0.05, 0.1) is 36.6 Å². The number of nitro groups is 1. The fraction of sp³-hybridized carbons (Fsp3) is 0.333. The Morgan fingerprint density at radius 2 is 1.67 bits per heavy atom. The molecule has 206 valence electrons. The number of sulfonamides is 1. The minimum Gasteiger partial charge on any atom is -0.497 e. The van der Waals surface area contributed by atoms with Gasteiger partial charge in [-0.3, -0.25) is 24.6 Å². The molecule has 1 fully saturated rings. The number of rotatable bonds is 10. The summed E-state index contributed by atoms with van der Waals surface area (Å²) in [5.41, 5.74) is -0.297. The Labute approximate surface area is 225 Å². The van der Waals surface area contributed by atoms with E-state index in [1.807, 2.05) is 0 Å². The summed E-state index contributed by atoms with van der Waals surface area (Å²) >= 11 is 0. The largest absolute Gasteiger partial charge is 0.631 e. The highest BCUT2D eigenvalue weighted by atomic mass is 32.2. The molecule has 1 atom stereocenters. The van der Waals surface area contributed by atoms with Crippen molar-refractivity contribution in [2.45, 2.75) is 23.7 Å². The van der Waals surface area contributed by atoms with E-state index < -0.39 is 39.9 Å². The Bertz CT molecular complexity index is 1320. The number of methoxy groups -OCH3 is 1. The van der Waals surface area contributed by atoms with Crippen molar-refractivity contribution < 1.29 is 41.7 Å². The van der Waals surface area contributed by atoms with E-state index in [9.17, 15) is 28.1 Å². The van der Waals surface area contributed by atoms with Crippen molar-refractivity contribution >= 4 is 34.8 Å². The number of carbonyl (C=O) groups is 2. The summed E-state index contributed by atoms with van der Waals surface area (Å²) in [6, 6.07) is 11.2. The minimum absolute atomic E-state index is 0.219. The van der Waals surface area contributed by atoms with Gasteiger partial charge in [0, 0.05) is 18.6 Å². The fourth-order valence-electron chi connectivity index (χ4n) is 3.33. The van der Waals surface area contributed by atoms with Crippen LogP contribution >= 0.6 is 0 Å². The highest BCUT2D eigenvalue weighted by Gasteiger charge is 2.41. The molecule has 0 amide bonds. The monoisotopic (exact) mass is 559 g/mol. The molecule has 0 bridgehead atoms. The van der Waals surface area contributed by atoms with Crippen LogP contribution in [0.1, 0.15) is 12.8 Å². The zero-order chi connectivity index (χ0) is 28.4. The lowest BCUT2D eigenvalue weighted by Gasteiger charge is -2.25. The number of hydrogen-bond donors (Lipinski definition) is 1. The average Bonchev–Trinajstić information content (AvgIpc) is 2.89. The van der Waals surface area contributed by atoms with Gasteiger partial charge in [0.2, 0.25) is 10.0 Å². The molecule has 1 heterocycles. The standard InChI is InChI=1S/C24H26BN3O10S/c1-27-16-23(29)37-25(38-24(30)17-27)22(26-39(33,34)21-13-7-18(8-14-21)28(31)32)6-4-3-5-15-36-20-11-9-19(35-2)10-12-20/h7-14,22,26H,3,5,15-17H2,1-2H3. The van der Waals surface area contributed by atoms with Crippen LogP contribution in [-0.4, -0.2) is 77.1 Å². The van der Waals surface area contributed by atoms with E-state index >= 15 is 0 Å². The molecule has 0 saturated carbocycles. The van der Waals surface area contributed by atoms with Crippen LogP contribution in [0.2, 0.25) is 0 Å². The SMILES string of the molecule is COc1ccc(OCCCC#CC(NS(=O)(=O)c2ccc([N+](=O)[O-])cc2)B2OC(=O)CN(C)CC(=O)O2)cc1. The van der Waals surface area contributed by atoms with E-state index in [4.69, 9.17) is 18.8 Å². The normalized spacial score (nSPS) is 15.1. The highest BCUT2D eigenvalue weighted by Crippen LogP contribution is 2.18. The van der Waals surface area contributed by atoms with Crippen LogP contribution in [0.3, 0.4) is 0 Å². The first kappa shape index (κ1) is 29.4. The number of ether oxygens (including phenoxy) is 2. The second-order valence-corrected chi connectivity index (χ2v) is 10.0. The van der Waals surface area contributed by atoms with Crippen molar-refractivity contribution in [3.8, 4) is 23.3 Å². The molecule has 0 aliphatic carbocycles. The number of nitrogens with one attached hydrogen (secondary N) is 1. The maximum atomic E-state index is 13.0. The Balaban J connectivity index is 1.73. The van der Waals surface area contributed by atoms with Gasteiger partial charge in [-0.2, -0.15) is 4.72 Å². The zero-order valence-electron chi connectivity index (χ0n) is 21.2. The van der Waals surface area contributed by atoms with Crippen molar-refractivity contribution in [2.75, 3.05) is 33.9 Å². The molecule has 2 aromatic carbocycles. The lowest BCUT2D eigenvalue weighted by Crippen LogP contribution is -2.53. The van der Waals surface area contributed by atoms with Gasteiger partial charge in [0.1, 0.15) is 17.4 Å². The van der Waals surface area contributed by atoms with E-state index in [0.29, 0.717) is 24.5 Å². The molecule has 1 aliphatic rings. The van der Waals surface area contributed by atoms with Crippen molar-refractivity contribution in [1.82, 2.24) is 9.62 Å².